The highest BCUT2D eigenvalue weighted by atomic mass is 32.1. The van der Waals surface area contributed by atoms with Crippen LogP contribution in [0.5, 0.6) is 5.75 Å². The first-order valence-corrected chi connectivity index (χ1v) is 9.71. The van der Waals surface area contributed by atoms with Crippen LogP contribution in [0.15, 0.2) is 48.5 Å². The fourth-order valence-corrected chi connectivity index (χ4v) is 3.75. The predicted molar refractivity (Wildman–Crippen MR) is 109 cm³/mol. The molecule has 0 fully saturated rings. The minimum absolute atomic E-state index is 0.00478. The summed E-state index contributed by atoms with van der Waals surface area (Å²) in [5.41, 5.74) is 4.28. The number of aromatic nitrogens is 1. The van der Waals surface area contributed by atoms with Crippen molar-refractivity contribution in [3.8, 4) is 5.75 Å². The fourth-order valence-electron chi connectivity index (χ4n) is 2.78. The summed E-state index contributed by atoms with van der Waals surface area (Å²) >= 11 is 1.41. The van der Waals surface area contributed by atoms with Crippen LogP contribution in [0.1, 0.15) is 37.1 Å². The van der Waals surface area contributed by atoms with Crippen molar-refractivity contribution in [1.82, 2.24) is 9.88 Å². The van der Waals surface area contributed by atoms with Crippen molar-refractivity contribution in [1.29, 1.82) is 0 Å². The molecule has 1 amide bonds. The third kappa shape index (κ3) is 4.74. The molecule has 0 aliphatic heterocycles. The molecule has 0 saturated carbocycles. The Labute approximate surface area is 164 Å². The van der Waals surface area contributed by atoms with Crippen molar-refractivity contribution < 1.29 is 9.53 Å². The summed E-state index contributed by atoms with van der Waals surface area (Å²) in [6.07, 6.45) is 0. The lowest BCUT2D eigenvalue weighted by atomic mass is 10.1. The molecule has 0 aliphatic carbocycles. The Morgan fingerprint density at radius 3 is 2.48 bits per heavy atom. The van der Waals surface area contributed by atoms with Gasteiger partial charge in [-0.2, -0.15) is 0 Å². The van der Waals surface area contributed by atoms with Crippen LogP contribution >= 0.6 is 11.3 Å². The molecule has 5 heteroatoms. The SMILES string of the molecule is Cc1ccc(OCc2nc(C)c(C(=O)N(C)Cc3ccccc3C)s2)cc1. The van der Waals surface area contributed by atoms with E-state index in [1.165, 1.54) is 22.5 Å². The first-order valence-electron chi connectivity index (χ1n) is 8.90. The quantitative estimate of drug-likeness (QED) is 0.610. The van der Waals surface area contributed by atoms with Crippen LogP contribution < -0.4 is 4.74 Å². The van der Waals surface area contributed by atoms with E-state index in [1.54, 1.807) is 4.90 Å². The van der Waals surface area contributed by atoms with Crippen LogP contribution in [0.3, 0.4) is 0 Å². The highest BCUT2D eigenvalue weighted by molar-refractivity contribution is 7.13. The second-order valence-corrected chi connectivity index (χ2v) is 7.80. The fraction of sp³-hybridized carbons (Fsp3) is 0.273. The van der Waals surface area contributed by atoms with Crippen molar-refractivity contribution in [2.24, 2.45) is 0 Å². The molecule has 0 unspecified atom stereocenters. The lowest BCUT2D eigenvalue weighted by Crippen LogP contribution is -2.26. The molecule has 140 valence electrons. The molecule has 1 heterocycles. The van der Waals surface area contributed by atoms with Crippen molar-refractivity contribution in [2.75, 3.05) is 7.05 Å². The summed E-state index contributed by atoms with van der Waals surface area (Å²) in [5.74, 6) is 0.799. The predicted octanol–water partition coefficient (Wildman–Crippen LogP) is 4.92. The van der Waals surface area contributed by atoms with Crippen LogP contribution in [-0.2, 0) is 13.2 Å². The average Bonchev–Trinajstić information content (AvgIpc) is 3.03. The van der Waals surface area contributed by atoms with Crippen LogP contribution in [-0.4, -0.2) is 22.8 Å². The third-order valence-electron chi connectivity index (χ3n) is 4.43. The highest BCUT2D eigenvalue weighted by Gasteiger charge is 2.19. The Kier molecular flexibility index (Phi) is 5.91. The molecule has 3 rings (SSSR count). The van der Waals surface area contributed by atoms with E-state index < -0.39 is 0 Å². The molecule has 0 N–H and O–H groups in total. The van der Waals surface area contributed by atoms with Crippen molar-refractivity contribution in [3.05, 3.63) is 80.8 Å². The summed E-state index contributed by atoms with van der Waals surface area (Å²) in [5, 5.41) is 0.806. The second kappa shape index (κ2) is 8.35. The minimum atomic E-state index is -0.00478. The lowest BCUT2D eigenvalue weighted by molar-refractivity contribution is 0.0789. The smallest absolute Gasteiger partial charge is 0.265 e. The number of rotatable bonds is 6. The Hall–Kier alpha value is -2.66. The topological polar surface area (TPSA) is 42.4 Å². The summed E-state index contributed by atoms with van der Waals surface area (Å²) in [7, 11) is 1.83. The zero-order chi connectivity index (χ0) is 19.4. The number of amides is 1. The van der Waals surface area contributed by atoms with Gasteiger partial charge in [-0.05, 0) is 44.0 Å². The average molecular weight is 381 g/mol. The Morgan fingerprint density at radius 1 is 1.07 bits per heavy atom. The molecular formula is C22H24N2O2S. The summed E-state index contributed by atoms with van der Waals surface area (Å²) in [6, 6.07) is 16.0. The molecule has 0 aliphatic rings. The van der Waals surface area contributed by atoms with E-state index in [2.05, 4.69) is 24.0 Å². The van der Waals surface area contributed by atoms with Gasteiger partial charge in [0.25, 0.3) is 5.91 Å². The number of nitrogens with zero attached hydrogens (tertiary/aromatic N) is 2. The first kappa shape index (κ1) is 19.1. The number of ether oxygens (including phenoxy) is 1. The van der Waals surface area contributed by atoms with Gasteiger partial charge in [0.05, 0.1) is 5.69 Å². The van der Waals surface area contributed by atoms with E-state index in [0.29, 0.717) is 18.0 Å². The van der Waals surface area contributed by atoms with E-state index in [1.807, 2.05) is 57.3 Å². The largest absolute Gasteiger partial charge is 0.486 e. The summed E-state index contributed by atoms with van der Waals surface area (Å²) in [6.45, 7) is 6.92. The molecule has 0 atom stereocenters. The van der Waals surface area contributed by atoms with E-state index in [4.69, 9.17) is 4.74 Å². The number of thiazole rings is 1. The number of hydrogen-bond acceptors (Lipinski definition) is 4. The molecule has 3 aromatic rings. The van der Waals surface area contributed by atoms with Crippen LogP contribution in [0.25, 0.3) is 0 Å². The molecule has 0 radical (unpaired) electrons. The normalized spacial score (nSPS) is 10.7. The van der Waals surface area contributed by atoms with Crippen molar-refractivity contribution in [2.45, 2.75) is 33.9 Å². The van der Waals surface area contributed by atoms with Gasteiger partial charge in [0.2, 0.25) is 0 Å². The van der Waals surface area contributed by atoms with Crippen molar-refractivity contribution in [3.63, 3.8) is 0 Å². The standard InChI is InChI=1S/C22H24N2O2S/c1-15-9-11-19(12-10-15)26-14-20-23-17(3)21(27-20)22(25)24(4)13-18-8-6-5-7-16(18)2/h5-12H,13-14H2,1-4H3. The monoisotopic (exact) mass is 380 g/mol. The zero-order valence-corrected chi connectivity index (χ0v) is 17.0. The second-order valence-electron chi connectivity index (χ2n) is 6.71. The number of hydrogen-bond donors (Lipinski definition) is 0. The van der Waals surface area contributed by atoms with Crippen LogP contribution in [0, 0.1) is 20.8 Å². The van der Waals surface area contributed by atoms with Crippen LogP contribution in [0.2, 0.25) is 0 Å². The lowest BCUT2D eigenvalue weighted by Gasteiger charge is -2.18. The van der Waals surface area contributed by atoms with Gasteiger partial charge in [-0.15, -0.1) is 11.3 Å². The van der Waals surface area contributed by atoms with Gasteiger partial charge in [0.1, 0.15) is 22.2 Å². The molecule has 1 aromatic heterocycles. The molecule has 4 nitrogen and oxygen atoms in total. The van der Waals surface area contributed by atoms with Gasteiger partial charge in [-0.3, -0.25) is 4.79 Å². The minimum Gasteiger partial charge on any atom is -0.486 e. The van der Waals surface area contributed by atoms with Gasteiger partial charge < -0.3 is 9.64 Å². The molecule has 2 aromatic carbocycles. The number of benzene rings is 2. The summed E-state index contributed by atoms with van der Waals surface area (Å²) < 4.78 is 5.79. The van der Waals surface area contributed by atoms with Gasteiger partial charge in [-0.25, -0.2) is 4.98 Å². The maximum atomic E-state index is 12.9. The molecule has 0 saturated heterocycles. The van der Waals surface area contributed by atoms with Gasteiger partial charge in [0.15, 0.2) is 0 Å². The van der Waals surface area contributed by atoms with Gasteiger partial charge in [0, 0.05) is 13.6 Å². The third-order valence-corrected chi connectivity index (χ3v) is 5.55. The number of carbonyl (C=O) groups is 1. The van der Waals surface area contributed by atoms with Gasteiger partial charge in [-0.1, -0.05) is 42.0 Å². The van der Waals surface area contributed by atoms with E-state index in [0.717, 1.165) is 22.0 Å². The van der Waals surface area contributed by atoms with Gasteiger partial charge >= 0.3 is 0 Å². The van der Waals surface area contributed by atoms with E-state index in [9.17, 15) is 4.79 Å². The highest BCUT2D eigenvalue weighted by Crippen LogP contribution is 2.23. The zero-order valence-electron chi connectivity index (χ0n) is 16.2. The number of aryl methyl sites for hydroxylation is 3. The molecular weight excluding hydrogens is 356 g/mol. The Morgan fingerprint density at radius 2 is 1.78 bits per heavy atom. The molecule has 0 spiro atoms. The Balaban J connectivity index is 1.66. The van der Waals surface area contributed by atoms with Crippen molar-refractivity contribution >= 4 is 17.2 Å². The first-order chi connectivity index (χ1) is 12.9. The van der Waals surface area contributed by atoms with Crippen LogP contribution in [0.4, 0.5) is 0 Å². The number of carbonyl (C=O) groups excluding carboxylic acids is 1. The molecule has 27 heavy (non-hydrogen) atoms. The van der Waals surface area contributed by atoms with E-state index >= 15 is 0 Å². The van der Waals surface area contributed by atoms with E-state index in [-0.39, 0.29) is 5.91 Å². The summed E-state index contributed by atoms with van der Waals surface area (Å²) in [4.78, 5) is 19.8. The maximum absolute atomic E-state index is 12.9. The Bertz CT molecular complexity index is 932. The maximum Gasteiger partial charge on any atom is 0.265 e. The molecule has 0 bridgehead atoms.